The Kier molecular flexibility index (Phi) is 3.94. The fourth-order valence-electron chi connectivity index (χ4n) is 1.27. The van der Waals surface area contributed by atoms with Crippen LogP contribution in [0.5, 0.6) is 0 Å². The Balaban J connectivity index is 3.20. The van der Waals surface area contributed by atoms with Crippen molar-refractivity contribution in [1.29, 1.82) is 0 Å². The van der Waals surface area contributed by atoms with E-state index >= 15 is 0 Å². The molecule has 7 nitrogen and oxygen atoms in total. The lowest BCUT2D eigenvalue weighted by molar-refractivity contribution is 0.312. The molecule has 0 radical (unpaired) electrons. The molecule has 1 aromatic rings. The van der Waals surface area contributed by atoms with Gasteiger partial charge >= 0.3 is 15.2 Å². The van der Waals surface area contributed by atoms with Crippen molar-refractivity contribution in [2.45, 2.75) is 18.2 Å². The standard InChI is InChI=1S/C8H13NO6P2/c1-8(16(10,11)12,17(13,14)15)5-7-3-2-4-9-6-7/h2-4,6H,5H2,1H3,(H2,10,11,12)(H2,13,14,15). The van der Waals surface area contributed by atoms with Crippen LogP contribution in [0.2, 0.25) is 0 Å². The highest BCUT2D eigenvalue weighted by molar-refractivity contribution is 7.72. The minimum Gasteiger partial charge on any atom is -0.324 e. The number of aromatic nitrogens is 1. The van der Waals surface area contributed by atoms with Gasteiger partial charge in [-0.3, -0.25) is 14.1 Å². The molecule has 1 rings (SSSR count). The zero-order valence-corrected chi connectivity index (χ0v) is 10.8. The first-order chi connectivity index (χ1) is 7.58. The second-order valence-electron chi connectivity index (χ2n) is 3.84. The van der Waals surface area contributed by atoms with E-state index in [1.165, 1.54) is 24.5 Å². The van der Waals surface area contributed by atoms with Gasteiger partial charge in [-0.1, -0.05) is 6.07 Å². The highest BCUT2D eigenvalue weighted by Crippen LogP contribution is 2.69. The SMILES string of the molecule is CC(Cc1cccnc1)(P(=O)(O)O)P(=O)(O)O. The summed E-state index contributed by atoms with van der Waals surface area (Å²) in [6, 6.07) is 3.02. The molecular weight excluding hydrogens is 268 g/mol. The highest BCUT2D eigenvalue weighted by Gasteiger charge is 2.56. The van der Waals surface area contributed by atoms with Gasteiger partial charge in [0.05, 0.1) is 0 Å². The van der Waals surface area contributed by atoms with Gasteiger partial charge < -0.3 is 19.6 Å². The molecular formula is C8H13NO6P2. The fourth-order valence-corrected chi connectivity index (χ4v) is 3.40. The fraction of sp³-hybridized carbons (Fsp3) is 0.375. The second-order valence-corrected chi connectivity index (χ2v) is 8.35. The minimum atomic E-state index is -4.97. The molecule has 0 unspecified atom stereocenters. The van der Waals surface area contributed by atoms with Crippen LogP contribution in [-0.2, 0) is 15.6 Å². The van der Waals surface area contributed by atoms with Gasteiger partial charge in [-0.05, 0) is 18.6 Å². The average Bonchev–Trinajstić information content (AvgIpc) is 2.15. The van der Waals surface area contributed by atoms with Crippen LogP contribution in [0.1, 0.15) is 12.5 Å². The predicted octanol–water partition coefficient (Wildman–Crippen LogP) is 0.696. The summed E-state index contributed by atoms with van der Waals surface area (Å²) in [6.45, 7) is 0.877. The smallest absolute Gasteiger partial charge is 0.324 e. The Bertz CT molecular complexity index is 456. The van der Waals surface area contributed by atoms with Gasteiger partial charge in [0.1, 0.15) is 0 Å². The molecule has 9 heteroatoms. The topological polar surface area (TPSA) is 128 Å². The van der Waals surface area contributed by atoms with Crippen molar-refractivity contribution in [2.75, 3.05) is 0 Å². The van der Waals surface area contributed by atoms with E-state index < -0.39 is 26.5 Å². The third-order valence-corrected chi connectivity index (χ3v) is 6.91. The van der Waals surface area contributed by atoms with Crippen molar-refractivity contribution >= 4 is 15.2 Å². The lowest BCUT2D eigenvalue weighted by Crippen LogP contribution is -2.27. The molecule has 0 amide bonds. The van der Waals surface area contributed by atoms with Crippen molar-refractivity contribution in [2.24, 2.45) is 0 Å². The Morgan fingerprint density at radius 2 is 1.76 bits per heavy atom. The van der Waals surface area contributed by atoms with Crippen molar-refractivity contribution in [3.05, 3.63) is 30.1 Å². The van der Waals surface area contributed by atoms with Crippen LogP contribution < -0.4 is 0 Å². The van der Waals surface area contributed by atoms with Crippen LogP contribution >= 0.6 is 15.2 Å². The summed E-state index contributed by atoms with van der Waals surface area (Å²) in [5, 5.41) is 0. The van der Waals surface area contributed by atoms with Crippen molar-refractivity contribution in [1.82, 2.24) is 4.98 Å². The van der Waals surface area contributed by atoms with E-state index in [9.17, 15) is 9.13 Å². The number of hydrogen-bond donors (Lipinski definition) is 4. The maximum atomic E-state index is 11.3. The summed E-state index contributed by atoms with van der Waals surface area (Å²) in [7, 11) is -9.93. The van der Waals surface area contributed by atoms with Crippen LogP contribution in [0, 0.1) is 0 Å². The molecule has 1 aromatic heterocycles. The van der Waals surface area contributed by atoms with Crippen LogP contribution in [-0.4, -0.2) is 29.5 Å². The predicted molar refractivity (Wildman–Crippen MR) is 60.4 cm³/mol. The monoisotopic (exact) mass is 281 g/mol. The molecule has 0 aliphatic carbocycles. The third-order valence-electron chi connectivity index (χ3n) is 2.52. The maximum Gasteiger partial charge on any atom is 0.343 e. The molecule has 0 aliphatic heterocycles. The van der Waals surface area contributed by atoms with Gasteiger partial charge in [-0.25, -0.2) is 0 Å². The van der Waals surface area contributed by atoms with Crippen molar-refractivity contribution in [3.63, 3.8) is 0 Å². The first-order valence-corrected chi connectivity index (χ1v) is 7.80. The van der Waals surface area contributed by atoms with E-state index in [4.69, 9.17) is 19.6 Å². The molecule has 0 saturated heterocycles. The van der Waals surface area contributed by atoms with Gasteiger partial charge in [0.25, 0.3) is 0 Å². The molecule has 0 aliphatic rings. The van der Waals surface area contributed by atoms with E-state index in [0.29, 0.717) is 5.56 Å². The van der Waals surface area contributed by atoms with Gasteiger partial charge in [-0.15, -0.1) is 0 Å². The Morgan fingerprint density at radius 3 is 2.12 bits per heavy atom. The van der Waals surface area contributed by atoms with Gasteiger partial charge in [0.2, 0.25) is 0 Å². The largest absolute Gasteiger partial charge is 0.343 e. The average molecular weight is 281 g/mol. The molecule has 96 valence electrons. The highest BCUT2D eigenvalue weighted by atomic mass is 31.2. The number of nitrogens with zero attached hydrogens (tertiary/aromatic N) is 1. The summed E-state index contributed by atoms with van der Waals surface area (Å²) >= 11 is 0. The van der Waals surface area contributed by atoms with Crippen LogP contribution in [0.3, 0.4) is 0 Å². The molecule has 17 heavy (non-hydrogen) atoms. The van der Waals surface area contributed by atoms with E-state index in [2.05, 4.69) is 4.98 Å². The maximum absolute atomic E-state index is 11.3. The lowest BCUT2D eigenvalue weighted by atomic mass is 10.2. The van der Waals surface area contributed by atoms with Crippen LogP contribution in [0.4, 0.5) is 0 Å². The number of pyridine rings is 1. The molecule has 0 aromatic carbocycles. The minimum absolute atomic E-state index is 0.349. The number of rotatable bonds is 4. The molecule has 0 spiro atoms. The lowest BCUT2D eigenvalue weighted by Gasteiger charge is -2.30. The third kappa shape index (κ3) is 3.01. The van der Waals surface area contributed by atoms with E-state index in [1.807, 2.05) is 0 Å². The first kappa shape index (κ1) is 14.5. The Hall–Kier alpha value is -0.550. The van der Waals surface area contributed by atoms with Crippen molar-refractivity contribution < 1.29 is 28.7 Å². The molecule has 4 N–H and O–H groups in total. The molecule has 1 heterocycles. The molecule has 0 fully saturated rings. The Morgan fingerprint density at radius 1 is 1.24 bits per heavy atom. The first-order valence-electron chi connectivity index (χ1n) is 4.58. The second kappa shape index (κ2) is 4.61. The summed E-state index contributed by atoms with van der Waals surface area (Å²) in [4.78, 5) is 37.8. The van der Waals surface area contributed by atoms with Crippen LogP contribution in [0.15, 0.2) is 24.5 Å². The summed E-state index contributed by atoms with van der Waals surface area (Å²) in [6.07, 6.45) is 2.31. The van der Waals surface area contributed by atoms with E-state index in [-0.39, 0.29) is 0 Å². The summed E-state index contributed by atoms with van der Waals surface area (Å²) in [5.74, 6) is 0. The molecule has 0 saturated carbocycles. The normalized spacial score (nSPS) is 13.7. The summed E-state index contributed by atoms with van der Waals surface area (Å²) in [5.41, 5.74) is 0.349. The van der Waals surface area contributed by atoms with Gasteiger partial charge in [0.15, 0.2) is 4.90 Å². The van der Waals surface area contributed by atoms with Gasteiger partial charge in [0, 0.05) is 18.8 Å². The zero-order valence-electron chi connectivity index (χ0n) is 8.96. The summed E-state index contributed by atoms with van der Waals surface area (Å²) < 4.78 is 22.6. The molecule has 0 bridgehead atoms. The quantitative estimate of drug-likeness (QED) is 0.598. The number of hydrogen-bond acceptors (Lipinski definition) is 3. The van der Waals surface area contributed by atoms with Gasteiger partial charge in [-0.2, -0.15) is 0 Å². The zero-order chi connectivity index (χ0) is 13.3. The van der Waals surface area contributed by atoms with E-state index in [1.54, 1.807) is 0 Å². The Labute approximate surface area is 97.8 Å². The molecule has 0 atom stereocenters. The van der Waals surface area contributed by atoms with E-state index in [0.717, 1.165) is 6.92 Å². The van der Waals surface area contributed by atoms with Crippen molar-refractivity contribution in [3.8, 4) is 0 Å². The van der Waals surface area contributed by atoms with Crippen LogP contribution in [0.25, 0.3) is 0 Å².